The Labute approximate surface area is 155 Å². The number of ether oxygens (including phenoxy) is 1. The summed E-state index contributed by atoms with van der Waals surface area (Å²) in [5.41, 5.74) is 1.86. The monoisotopic (exact) mass is 370 g/mol. The molecular weight excluding hydrogens is 351 g/mol. The number of rotatable bonds is 6. The number of thiazole rings is 1. The van der Waals surface area contributed by atoms with E-state index in [2.05, 4.69) is 4.98 Å². The Hall–Kier alpha value is -2.73. The summed E-state index contributed by atoms with van der Waals surface area (Å²) in [6, 6.07) is 13.0. The average molecular weight is 370 g/mol. The number of benzene rings is 2. The highest BCUT2D eigenvalue weighted by Crippen LogP contribution is 2.26. The van der Waals surface area contributed by atoms with Crippen LogP contribution in [0, 0.1) is 12.7 Å². The topological polar surface area (TPSA) is 42.4 Å². The van der Waals surface area contributed by atoms with E-state index < -0.39 is 0 Å². The molecule has 1 aromatic heterocycles. The van der Waals surface area contributed by atoms with Crippen molar-refractivity contribution in [1.29, 1.82) is 0 Å². The van der Waals surface area contributed by atoms with E-state index in [0.29, 0.717) is 30.2 Å². The van der Waals surface area contributed by atoms with Gasteiger partial charge >= 0.3 is 0 Å². The molecule has 134 valence electrons. The quantitative estimate of drug-likeness (QED) is 0.624. The Morgan fingerprint density at radius 2 is 1.92 bits per heavy atom. The standard InChI is InChI=1S/C20H19FN2O2S/c1-3-25-19-7-5-4-6-18(19)20(24)23(12-16-13-26-14(2)22-16)17-10-8-15(21)9-11-17/h4-11,13H,3,12H2,1-2H3. The Bertz CT molecular complexity index is 893. The van der Waals surface area contributed by atoms with Gasteiger partial charge in [0.05, 0.1) is 29.4 Å². The van der Waals surface area contributed by atoms with Gasteiger partial charge in [-0.25, -0.2) is 9.37 Å². The van der Waals surface area contributed by atoms with Gasteiger partial charge in [0.25, 0.3) is 5.91 Å². The fourth-order valence-corrected chi connectivity index (χ4v) is 3.22. The first-order valence-electron chi connectivity index (χ1n) is 8.28. The predicted octanol–water partition coefficient (Wildman–Crippen LogP) is 4.84. The highest BCUT2D eigenvalue weighted by atomic mass is 32.1. The maximum Gasteiger partial charge on any atom is 0.262 e. The second-order valence-electron chi connectivity index (χ2n) is 5.65. The molecule has 0 spiro atoms. The minimum Gasteiger partial charge on any atom is -0.493 e. The van der Waals surface area contributed by atoms with Gasteiger partial charge in [-0.2, -0.15) is 0 Å². The van der Waals surface area contributed by atoms with Crippen LogP contribution in [0.1, 0.15) is 28.0 Å². The molecule has 4 nitrogen and oxygen atoms in total. The molecule has 1 amide bonds. The minimum atomic E-state index is -0.347. The molecule has 6 heteroatoms. The highest BCUT2D eigenvalue weighted by Gasteiger charge is 2.22. The number of nitrogens with zero attached hydrogens (tertiary/aromatic N) is 2. The lowest BCUT2D eigenvalue weighted by atomic mass is 10.1. The molecule has 0 saturated heterocycles. The first kappa shape index (κ1) is 18.1. The lowest BCUT2D eigenvalue weighted by molar-refractivity contribution is 0.0981. The van der Waals surface area contributed by atoms with Gasteiger partial charge in [-0.15, -0.1) is 11.3 Å². The SMILES string of the molecule is CCOc1ccccc1C(=O)N(Cc1csc(C)n1)c1ccc(F)cc1. The molecule has 0 aliphatic carbocycles. The van der Waals surface area contributed by atoms with Gasteiger partial charge in [-0.3, -0.25) is 4.79 Å². The summed E-state index contributed by atoms with van der Waals surface area (Å²) < 4.78 is 18.9. The van der Waals surface area contributed by atoms with E-state index in [4.69, 9.17) is 4.74 Å². The number of aromatic nitrogens is 1. The van der Waals surface area contributed by atoms with E-state index >= 15 is 0 Å². The number of amides is 1. The van der Waals surface area contributed by atoms with E-state index in [-0.39, 0.29) is 11.7 Å². The highest BCUT2D eigenvalue weighted by molar-refractivity contribution is 7.09. The number of para-hydroxylation sites is 1. The molecule has 3 rings (SSSR count). The van der Waals surface area contributed by atoms with Crippen LogP contribution in [0.15, 0.2) is 53.9 Å². The number of hydrogen-bond donors (Lipinski definition) is 0. The van der Waals surface area contributed by atoms with Gasteiger partial charge in [0.1, 0.15) is 11.6 Å². The first-order valence-corrected chi connectivity index (χ1v) is 9.16. The molecule has 0 atom stereocenters. The van der Waals surface area contributed by atoms with Crippen molar-refractivity contribution >= 4 is 22.9 Å². The summed E-state index contributed by atoms with van der Waals surface area (Å²) >= 11 is 1.53. The van der Waals surface area contributed by atoms with Gasteiger partial charge in [0, 0.05) is 11.1 Å². The third-order valence-electron chi connectivity index (χ3n) is 3.79. The number of carbonyl (C=O) groups excluding carboxylic acids is 1. The van der Waals surface area contributed by atoms with Crippen molar-refractivity contribution in [1.82, 2.24) is 4.98 Å². The number of anilines is 1. The van der Waals surface area contributed by atoms with E-state index in [0.717, 1.165) is 10.7 Å². The van der Waals surface area contributed by atoms with Crippen LogP contribution in [-0.4, -0.2) is 17.5 Å². The van der Waals surface area contributed by atoms with Crippen LogP contribution < -0.4 is 9.64 Å². The summed E-state index contributed by atoms with van der Waals surface area (Å²) in [5.74, 6) is -0.0340. The fraction of sp³-hybridized carbons (Fsp3) is 0.200. The van der Waals surface area contributed by atoms with Gasteiger partial charge in [0.2, 0.25) is 0 Å². The van der Waals surface area contributed by atoms with Gasteiger partial charge in [-0.05, 0) is 50.2 Å². The van der Waals surface area contributed by atoms with E-state index in [1.807, 2.05) is 25.3 Å². The summed E-state index contributed by atoms with van der Waals surface area (Å²) in [5, 5.41) is 2.86. The van der Waals surface area contributed by atoms with Crippen molar-refractivity contribution in [2.45, 2.75) is 20.4 Å². The first-order chi connectivity index (χ1) is 12.6. The predicted molar refractivity (Wildman–Crippen MR) is 101 cm³/mol. The number of halogens is 1. The molecule has 0 radical (unpaired) electrons. The van der Waals surface area contributed by atoms with Crippen LogP contribution in [0.5, 0.6) is 5.75 Å². The largest absolute Gasteiger partial charge is 0.493 e. The molecule has 0 saturated carbocycles. The zero-order chi connectivity index (χ0) is 18.5. The molecule has 0 N–H and O–H groups in total. The maximum absolute atomic E-state index is 13.3. The molecule has 0 unspecified atom stereocenters. The normalized spacial score (nSPS) is 10.6. The Morgan fingerprint density at radius 1 is 1.19 bits per heavy atom. The summed E-state index contributed by atoms with van der Waals surface area (Å²) in [6.07, 6.45) is 0. The van der Waals surface area contributed by atoms with Crippen LogP contribution in [0.25, 0.3) is 0 Å². The van der Waals surface area contributed by atoms with Crippen LogP contribution in [0.4, 0.5) is 10.1 Å². The number of hydrogen-bond acceptors (Lipinski definition) is 4. The second-order valence-corrected chi connectivity index (χ2v) is 6.72. The molecule has 0 fully saturated rings. The molecule has 0 aliphatic rings. The number of carbonyl (C=O) groups is 1. The Balaban J connectivity index is 1.99. The molecule has 26 heavy (non-hydrogen) atoms. The lowest BCUT2D eigenvalue weighted by Crippen LogP contribution is -2.31. The third kappa shape index (κ3) is 4.08. The second kappa shape index (κ2) is 8.10. The van der Waals surface area contributed by atoms with Crippen LogP contribution in [0.2, 0.25) is 0 Å². The Morgan fingerprint density at radius 3 is 2.58 bits per heavy atom. The Kier molecular flexibility index (Phi) is 5.63. The molecule has 3 aromatic rings. The minimum absolute atomic E-state index is 0.216. The molecule has 1 heterocycles. The van der Waals surface area contributed by atoms with Crippen molar-refractivity contribution in [3.05, 3.63) is 76.0 Å². The molecule has 0 bridgehead atoms. The zero-order valence-electron chi connectivity index (χ0n) is 14.6. The van der Waals surface area contributed by atoms with Crippen molar-refractivity contribution in [3.63, 3.8) is 0 Å². The van der Waals surface area contributed by atoms with Crippen molar-refractivity contribution in [3.8, 4) is 5.75 Å². The maximum atomic E-state index is 13.3. The lowest BCUT2D eigenvalue weighted by Gasteiger charge is -2.23. The summed E-state index contributed by atoms with van der Waals surface area (Å²) in [7, 11) is 0. The van der Waals surface area contributed by atoms with Gasteiger partial charge in [0.15, 0.2) is 0 Å². The van der Waals surface area contributed by atoms with Crippen molar-refractivity contribution in [2.75, 3.05) is 11.5 Å². The smallest absolute Gasteiger partial charge is 0.262 e. The van der Waals surface area contributed by atoms with Crippen molar-refractivity contribution < 1.29 is 13.9 Å². The van der Waals surface area contributed by atoms with E-state index in [1.165, 1.54) is 23.5 Å². The molecule has 0 aliphatic heterocycles. The average Bonchev–Trinajstić information content (AvgIpc) is 3.06. The third-order valence-corrected chi connectivity index (χ3v) is 4.61. The summed E-state index contributed by atoms with van der Waals surface area (Å²) in [6.45, 7) is 4.56. The number of aryl methyl sites for hydroxylation is 1. The van der Waals surface area contributed by atoms with E-state index in [9.17, 15) is 9.18 Å². The van der Waals surface area contributed by atoms with Crippen molar-refractivity contribution in [2.24, 2.45) is 0 Å². The molecule has 2 aromatic carbocycles. The van der Waals surface area contributed by atoms with Crippen LogP contribution in [0.3, 0.4) is 0 Å². The summed E-state index contributed by atoms with van der Waals surface area (Å²) in [4.78, 5) is 19.3. The van der Waals surface area contributed by atoms with Crippen LogP contribution in [-0.2, 0) is 6.54 Å². The van der Waals surface area contributed by atoms with Gasteiger partial charge < -0.3 is 9.64 Å². The van der Waals surface area contributed by atoms with E-state index in [1.54, 1.807) is 35.2 Å². The fourth-order valence-electron chi connectivity index (χ4n) is 2.61. The van der Waals surface area contributed by atoms with Crippen LogP contribution >= 0.6 is 11.3 Å². The zero-order valence-corrected chi connectivity index (χ0v) is 15.4. The molecular formula is C20H19FN2O2S. The van der Waals surface area contributed by atoms with Gasteiger partial charge in [-0.1, -0.05) is 12.1 Å².